The van der Waals surface area contributed by atoms with Gasteiger partial charge in [-0.25, -0.2) is 4.79 Å². The standard InChI is InChI=1S/C29H29ClO7/c1-16-19-9-11-28(2)20(27(33)34-4)13-22(37-26(32)18-7-5-6-8-21(18)30)24(31)25(28)29(19,3)14-23(36-16)17-10-12-35-15-17/h5-8,10,12-13,15,19-20,23,25H,1,9,11,14H2,2-4H3/t19-,20-,23-,25-,28-,29-/m0/s1. The molecule has 0 radical (unpaired) electrons. The molecule has 2 aromatic rings. The van der Waals surface area contributed by atoms with Crippen LogP contribution in [0.3, 0.4) is 0 Å². The van der Waals surface area contributed by atoms with Crippen molar-refractivity contribution in [3.63, 3.8) is 0 Å². The van der Waals surface area contributed by atoms with Crippen molar-refractivity contribution in [1.82, 2.24) is 0 Å². The van der Waals surface area contributed by atoms with Crippen LogP contribution in [0.25, 0.3) is 0 Å². The zero-order valence-electron chi connectivity index (χ0n) is 21.0. The molecular formula is C29H29ClO7. The van der Waals surface area contributed by atoms with Crippen molar-refractivity contribution in [1.29, 1.82) is 0 Å². The molecule has 37 heavy (non-hydrogen) atoms. The number of ketones is 1. The number of hydrogen-bond acceptors (Lipinski definition) is 7. The van der Waals surface area contributed by atoms with Gasteiger partial charge in [-0.3, -0.25) is 9.59 Å². The molecule has 1 saturated heterocycles. The molecule has 1 aromatic heterocycles. The minimum atomic E-state index is -0.782. The molecule has 1 aromatic carbocycles. The lowest BCUT2D eigenvalue weighted by Gasteiger charge is -2.60. The number of halogens is 1. The molecule has 2 aliphatic carbocycles. The maximum Gasteiger partial charge on any atom is 0.345 e. The number of carbonyl (C=O) groups is 3. The lowest BCUT2D eigenvalue weighted by molar-refractivity contribution is -0.174. The monoisotopic (exact) mass is 524 g/mol. The fourth-order valence-corrected chi connectivity index (χ4v) is 7.07. The number of methoxy groups -OCH3 is 1. The van der Waals surface area contributed by atoms with Gasteiger partial charge in [-0.2, -0.15) is 0 Å². The summed E-state index contributed by atoms with van der Waals surface area (Å²) in [6.45, 7) is 8.20. The van der Waals surface area contributed by atoms with Crippen LogP contribution in [0.15, 0.2) is 71.4 Å². The van der Waals surface area contributed by atoms with Crippen molar-refractivity contribution in [2.75, 3.05) is 7.11 Å². The van der Waals surface area contributed by atoms with Crippen molar-refractivity contribution in [2.45, 2.75) is 39.2 Å². The van der Waals surface area contributed by atoms with E-state index in [0.29, 0.717) is 25.0 Å². The SMILES string of the molecule is C=C1O[C@H](c2ccoc2)C[C@]2(C)[C@H]3C(=O)C(OC(=O)c4ccccc4Cl)=C[C@@H](C(=O)OC)[C@]3(C)CC[C@@H]12. The van der Waals surface area contributed by atoms with E-state index in [1.807, 2.05) is 19.9 Å². The Hall–Kier alpha value is -3.32. The number of hydrogen-bond donors (Lipinski definition) is 0. The quantitative estimate of drug-likeness (QED) is 0.449. The minimum absolute atomic E-state index is 0.116. The second kappa shape index (κ2) is 9.21. The van der Waals surface area contributed by atoms with Crippen LogP contribution >= 0.6 is 11.6 Å². The molecule has 1 aliphatic heterocycles. The van der Waals surface area contributed by atoms with Gasteiger partial charge in [0.05, 0.1) is 41.9 Å². The van der Waals surface area contributed by atoms with Gasteiger partial charge < -0.3 is 18.6 Å². The average Bonchev–Trinajstić information content (AvgIpc) is 3.40. The fraction of sp³-hybridized carbons (Fsp3) is 0.414. The second-order valence-corrected chi connectivity index (χ2v) is 11.0. The molecular weight excluding hydrogens is 496 g/mol. The largest absolute Gasteiger partial charge is 0.490 e. The summed E-state index contributed by atoms with van der Waals surface area (Å²) in [7, 11) is 1.32. The van der Waals surface area contributed by atoms with E-state index in [0.717, 1.165) is 5.56 Å². The lowest BCUT2D eigenvalue weighted by atomic mass is 9.44. The van der Waals surface area contributed by atoms with E-state index in [1.165, 1.54) is 19.3 Å². The van der Waals surface area contributed by atoms with Crippen LogP contribution in [-0.2, 0) is 23.8 Å². The van der Waals surface area contributed by atoms with E-state index in [-0.39, 0.29) is 34.2 Å². The predicted molar refractivity (Wildman–Crippen MR) is 134 cm³/mol. The van der Waals surface area contributed by atoms with Crippen molar-refractivity contribution in [3.05, 3.63) is 83.2 Å². The van der Waals surface area contributed by atoms with E-state index < -0.39 is 34.6 Å². The van der Waals surface area contributed by atoms with Gasteiger partial charge in [-0.1, -0.05) is 44.2 Å². The van der Waals surface area contributed by atoms with Gasteiger partial charge >= 0.3 is 11.9 Å². The second-order valence-electron chi connectivity index (χ2n) is 10.6. The molecule has 2 fully saturated rings. The molecule has 7 nitrogen and oxygen atoms in total. The van der Waals surface area contributed by atoms with Crippen LogP contribution < -0.4 is 0 Å². The van der Waals surface area contributed by atoms with Gasteiger partial charge in [0.25, 0.3) is 0 Å². The Morgan fingerprint density at radius 2 is 1.92 bits per heavy atom. The zero-order chi connectivity index (χ0) is 26.5. The summed E-state index contributed by atoms with van der Waals surface area (Å²) in [6.07, 6.45) is 6.06. The maximum absolute atomic E-state index is 14.2. The first kappa shape index (κ1) is 25.3. The summed E-state index contributed by atoms with van der Waals surface area (Å²) in [6, 6.07) is 8.28. The van der Waals surface area contributed by atoms with Gasteiger partial charge in [0.1, 0.15) is 6.10 Å². The Bertz CT molecular complexity index is 1300. The Kier molecular flexibility index (Phi) is 6.31. The van der Waals surface area contributed by atoms with Crippen LogP contribution in [0.1, 0.15) is 55.1 Å². The highest BCUT2D eigenvalue weighted by Crippen LogP contribution is 2.66. The minimum Gasteiger partial charge on any atom is -0.490 e. The van der Waals surface area contributed by atoms with Crippen LogP contribution in [0.2, 0.25) is 5.02 Å². The first-order valence-corrected chi connectivity index (χ1v) is 12.7. The Morgan fingerprint density at radius 1 is 1.16 bits per heavy atom. The third kappa shape index (κ3) is 4.00. The molecule has 6 atom stereocenters. The van der Waals surface area contributed by atoms with Crippen molar-refractivity contribution in [3.8, 4) is 0 Å². The molecule has 8 heteroatoms. The molecule has 5 rings (SSSR count). The number of rotatable bonds is 4. The van der Waals surface area contributed by atoms with Crippen molar-refractivity contribution >= 4 is 29.3 Å². The van der Waals surface area contributed by atoms with Crippen LogP contribution in [-0.4, -0.2) is 24.8 Å². The van der Waals surface area contributed by atoms with E-state index in [1.54, 1.807) is 30.7 Å². The number of benzene rings is 1. The number of carbonyl (C=O) groups excluding carboxylic acids is 3. The van der Waals surface area contributed by atoms with E-state index >= 15 is 0 Å². The Balaban J connectivity index is 1.58. The normalized spacial score (nSPS) is 32.9. The number of Topliss-reactive ketones (excluding diaryl/α,β-unsaturated/α-hetero) is 1. The fourth-order valence-electron chi connectivity index (χ4n) is 6.85. The third-order valence-corrected chi connectivity index (χ3v) is 8.92. The van der Waals surface area contributed by atoms with Crippen LogP contribution in [0.4, 0.5) is 0 Å². The highest BCUT2D eigenvalue weighted by atomic mass is 35.5. The first-order chi connectivity index (χ1) is 17.6. The summed E-state index contributed by atoms with van der Waals surface area (Å²) in [5, 5.41) is 0.207. The molecule has 0 bridgehead atoms. The predicted octanol–water partition coefficient (Wildman–Crippen LogP) is 6.06. The smallest absolute Gasteiger partial charge is 0.345 e. The van der Waals surface area contributed by atoms with Gasteiger partial charge in [0.2, 0.25) is 5.78 Å². The van der Waals surface area contributed by atoms with Gasteiger partial charge in [-0.05, 0) is 54.4 Å². The van der Waals surface area contributed by atoms with Gasteiger partial charge in [-0.15, -0.1) is 0 Å². The van der Waals surface area contributed by atoms with Crippen molar-refractivity contribution < 1.29 is 33.0 Å². The Labute approximate surface area is 220 Å². The van der Waals surface area contributed by atoms with Gasteiger partial charge in [0, 0.05) is 17.4 Å². The molecule has 0 N–H and O–H groups in total. The number of furan rings is 1. The molecule has 194 valence electrons. The number of esters is 2. The van der Waals surface area contributed by atoms with E-state index in [4.69, 9.17) is 30.2 Å². The van der Waals surface area contributed by atoms with E-state index in [9.17, 15) is 14.4 Å². The summed E-state index contributed by atoms with van der Waals surface area (Å²) in [4.78, 5) is 40.3. The maximum atomic E-state index is 14.2. The highest BCUT2D eigenvalue weighted by Gasteiger charge is 2.65. The third-order valence-electron chi connectivity index (χ3n) is 8.59. The molecule has 0 spiro atoms. The van der Waals surface area contributed by atoms with E-state index in [2.05, 4.69) is 6.58 Å². The Morgan fingerprint density at radius 3 is 2.59 bits per heavy atom. The van der Waals surface area contributed by atoms with Crippen LogP contribution in [0.5, 0.6) is 0 Å². The molecule has 2 heterocycles. The number of ether oxygens (including phenoxy) is 3. The summed E-state index contributed by atoms with van der Waals surface area (Å²) in [5.74, 6) is -2.68. The summed E-state index contributed by atoms with van der Waals surface area (Å²) >= 11 is 6.19. The summed E-state index contributed by atoms with van der Waals surface area (Å²) < 4.78 is 22.3. The molecule has 3 aliphatic rings. The first-order valence-electron chi connectivity index (χ1n) is 12.3. The molecule has 1 saturated carbocycles. The zero-order valence-corrected chi connectivity index (χ0v) is 21.7. The summed E-state index contributed by atoms with van der Waals surface area (Å²) in [5.41, 5.74) is -0.409. The average molecular weight is 525 g/mol. The molecule has 0 amide bonds. The lowest BCUT2D eigenvalue weighted by Crippen LogP contribution is -2.60. The topological polar surface area (TPSA) is 92.0 Å². The highest BCUT2D eigenvalue weighted by molar-refractivity contribution is 6.33. The number of allylic oxidation sites excluding steroid dienone is 2. The van der Waals surface area contributed by atoms with Crippen LogP contribution in [0, 0.1) is 28.6 Å². The number of fused-ring (bicyclic) bond motifs is 3. The molecule has 0 unspecified atom stereocenters. The van der Waals surface area contributed by atoms with Gasteiger partial charge in [0.15, 0.2) is 5.76 Å². The van der Waals surface area contributed by atoms with Crippen molar-refractivity contribution in [2.24, 2.45) is 28.6 Å².